The fourth-order valence-electron chi connectivity index (χ4n) is 4.51. The van der Waals surface area contributed by atoms with Crippen LogP contribution in [0.2, 0.25) is 0 Å². The molecule has 0 radical (unpaired) electrons. The van der Waals surface area contributed by atoms with Gasteiger partial charge in [-0.25, -0.2) is 4.79 Å². The fourth-order valence-corrected chi connectivity index (χ4v) is 4.51. The van der Waals surface area contributed by atoms with Crippen LogP contribution in [0.15, 0.2) is 48.5 Å². The monoisotopic (exact) mass is 457 g/mol. The maximum atomic E-state index is 12.9. The Bertz CT molecular complexity index is 957. The lowest BCUT2D eigenvalue weighted by atomic mass is 9.95. The average molecular weight is 458 g/mol. The SMILES string of the molecule is O=C(Nc1ccc(OC(F)F)c(Cc2ccccc2)c1)C1CCN(C(=O)N2CCCC2)CC1. The molecule has 2 aromatic carbocycles. The van der Waals surface area contributed by atoms with Crippen molar-refractivity contribution >= 4 is 17.6 Å². The Morgan fingerprint density at radius 2 is 1.64 bits per heavy atom. The van der Waals surface area contributed by atoms with Crippen LogP contribution >= 0.6 is 0 Å². The molecule has 176 valence electrons. The van der Waals surface area contributed by atoms with Gasteiger partial charge in [-0.3, -0.25) is 4.79 Å². The molecule has 6 nitrogen and oxygen atoms in total. The van der Waals surface area contributed by atoms with Gasteiger partial charge in [0.1, 0.15) is 5.75 Å². The van der Waals surface area contributed by atoms with Gasteiger partial charge in [0.2, 0.25) is 5.91 Å². The van der Waals surface area contributed by atoms with E-state index in [4.69, 9.17) is 0 Å². The molecule has 4 rings (SSSR count). The lowest BCUT2D eigenvalue weighted by Crippen LogP contribution is -2.47. The first-order valence-corrected chi connectivity index (χ1v) is 11.5. The van der Waals surface area contributed by atoms with E-state index in [1.165, 1.54) is 6.07 Å². The van der Waals surface area contributed by atoms with Gasteiger partial charge in [0.25, 0.3) is 0 Å². The van der Waals surface area contributed by atoms with Crippen LogP contribution in [-0.4, -0.2) is 54.5 Å². The summed E-state index contributed by atoms with van der Waals surface area (Å²) < 4.78 is 30.4. The number of piperidine rings is 1. The van der Waals surface area contributed by atoms with E-state index in [2.05, 4.69) is 10.1 Å². The molecule has 8 heteroatoms. The van der Waals surface area contributed by atoms with E-state index in [0.717, 1.165) is 31.5 Å². The van der Waals surface area contributed by atoms with Crippen LogP contribution in [0.5, 0.6) is 5.75 Å². The second-order valence-corrected chi connectivity index (χ2v) is 8.59. The second kappa shape index (κ2) is 10.6. The Hall–Kier alpha value is -3.16. The third-order valence-corrected chi connectivity index (χ3v) is 6.29. The Morgan fingerprint density at radius 1 is 0.970 bits per heavy atom. The highest BCUT2D eigenvalue weighted by molar-refractivity contribution is 5.93. The number of hydrogen-bond donors (Lipinski definition) is 1. The molecule has 0 spiro atoms. The van der Waals surface area contributed by atoms with Crippen LogP contribution in [0.25, 0.3) is 0 Å². The molecular formula is C25H29F2N3O3. The molecule has 2 aromatic rings. The van der Waals surface area contributed by atoms with E-state index in [0.29, 0.717) is 43.6 Å². The first kappa shape index (κ1) is 23.0. The van der Waals surface area contributed by atoms with E-state index in [1.54, 1.807) is 12.1 Å². The van der Waals surface area contributed by atoms with Crippen LogP contribution in [0, 0.1) is 5.92 Å². The summed E-state index contributed by atoms with van der Waals surface area (Å²) in [5.74, 6) is -0.209. The number of likely N-dealkylation sites (tertiary alicyclic amines) is 2. The molecule has 0 bridgehead atoms. The fraction of sp³-hybridized carbons (Fsp3) is 0.440. The zero-order chi connectivity index (χ0) is 23.2. The number of anilines is 1. The number of rotatable bonds is 6. The first-order valence-electron chi connectivity index (χ1n) is 11.5. The van der Waals surface area contributed by atoms with E-state index < -0.39 is 6.61 Å². The number of nitrogens with one attached hydrogen (secondary N) is 1. The molecule has 0 unspecified atom stereocenters. The number of hydrogen-bond acceptors (Lipinski definition) is 3. The van der Waals surface area contributed by atoms with Crippen molar-refractivity contribution < 1.29 is 23.1 Å². The normalized spacial score (nSPS) is 16.8. The van der Waals surface area contributed by atoms with Crippen molar-refractivity contribution in [2.45, 2.75) is 38.7 Å². The number of halogens is 2. The lowest BCUT2D eigenvalue weighted by Gasteiger charge is -2.34. The summed E-state index contributed by atoms with van der Waals surface area (Å²) in [6.07, 6.45) is 3.73. The topological polar surface area (TPSA) is 61.9 Å². The summed E-state index contributed by atoms with van der Waals surface area (Å²) in [5, 5.41) is 2.92. The third-order valence-electron chi connectivity index (χ3n) is 6.29. The predicted molar refractivity (Wildman–Crippen MR) is 121 cm³/mol. The molecule has 2 heterocycles. The number of urea groups is 1. The molecular weight excluding hydrogens is 428 g/mol. The maximum absolute atomic E-state index is 12.9. The Kier molecular flexibility index (Phi) is 7.42. The number of ether oxygens (including phenoxy) is 1. The minimum atomic E-state index is -2.92. The zero-order valence-electron chi connectivity index (χ0n) is 18.5. The minimum absolute atomic E-state index is 0.0755. The highest BCUT2D eigenvalue weighted by Gasteiger charge is 2.30. The first-order chi connectivity index (χ1) is 16.0. The van der Waals surface area contributed by atoms with Crippen molar-refractivity contribution in [2.24, 2.45) is 5.92 Å². The van der Waals surface area contributed by atoms with Gasteiger partial charge in [0.15, 0.2) is 0 Å². The molecule has 2 fully saturated rings. The Balaban J connectivity index is 1.38. The molecule has 0 aromatic heterocycles. The molecule has 33 heavy (non-hydrogen) atoms. The summed E-state index contributed by atoms with van der Waals surface area (Å²) in [6.45, 7) is -0.165. The van der Waals surface area contributed by atoms with Crippen LogP contribution in [0.1, 0.15) is 36.8 Å². The van der Waals surface area contributed by atoms with Crippen molar-refractivity contribution in [3.05, 3.63) is 59.7 Å². The molecule has 0 aliphatic carbocycles. The van der Waals surface area contributed by atoms with Crippen molar-refractivity contribution in [1.82, 2.24) is 9.80 Å². The van der Waals surface area contributed by atoms with E-state index in [9.17, 15) is 18.4 Å². The predicted octanol–water partition coefficient (Wildman–Crippen LogP) is 4.75. The molecule has 2 aliphatic rings. The quantitative estimate of drug-likeness (QED) is 0.681. The van der Waals surface area contributed by atoms with E-state index in [1.807, 2.05) is 40.1 Å². The van der Waals surface area contributed by atoms with Crippen molar-refractivity contribution in [1.29, 1.82) is 0 Å². The van der Waals surface area contributed by atoms with Gasteiger partial charge in [0.05, 0.1) is 0 Å². The van der Waals surface area contributed by atoms with Crippen LogP contribution < -0.4 is 10.1 Å². The highest BCUT2D eigenvalue weighted by Crippen LogP contribution is 2.28. The second-order valence-electron chi connectivity index (χ2n) is 8.59. The summed E-state index contributed by atoms with van der Waals surface area (Å²) in [6, 6.07) is 14.3. The average Bonchev–Trinajstić information content (AvgIpc) is 3.36. The van der Waals surface area contributed by atoms with E-state index in [-0.39, 0.29) is 23.6 Å². The Morgan fingerprint density at radius 3 is 2.30 bits per heavy atom. The maximum Gasteiger partial charge on any atom is 0.387 e. The minimum Gasteiger partial charge on any atom is -0.435 e. The zero-order valence-corrected chi connectivity index (χ0v) is 18.5. The summed E-state index contributed by atoms with van der Waals surface area (Å²) in [4.78, 5) is 29.1. The van der Waals surface area contributed by atoms with Gasteiger partial charge in [-0.1, -0.05) is 30.3 Å². The molecule has 2 aliphatic heterocycles. The molecule has 0 saturated carbocycles. The Labute approximate surface area is 192 Å². The number of benzene rings is 2. The molecule has 0 atom stereocenters. The van der Waals surface area contributed by atoms with E-state index >= 15 is 0 Å². The number of alkyl halides is 2. The van der Waals surface area contributed by atoms with Crippen molar-refractivity contribution in [2.75, 3.05) is 31.5 Å². The third kappa shape index (κ3) is 6.00. The molecule has 2 saturated heterocycles. The molecule has 1 N–H and O–H groups in total. The summed E-state index contributed by atoms with van der Waals surface area (Å²) in [5.41, 5.74) is 2.07. The smallest absolute Gasteiger partial charge is 0.387 e. The number of nitrogens with zero attached hydrogens (tertiary/aromatic N) is 2. The summed E-state index contributed by atoms with van der Waals surface area (Å²) >= 11 is 0. The van der Waals surface area contributed by atoms with Gasteiger partial charge in [-0.15, -0.1) is 0 Å². The van der Waals surface area contributed by atoms with Crippen LogP contribution in [0.4, 0.5) is 19.3 Å². The van der Waals surface area contributed by atoms with Gasteiger partial charge in [-0.2, -0.15) is 8.78 Å². The van der Waals surface area contributed by atoms with Gasteiger partial charge in [-0.05, 0) is 49.4 Å². The van der Waals surface area contributed by atoms with Crippen LogP contribution in [0.3, 0.4) is 0 Å². The highest BCUT2D eigenvalue weighted by atomic mass is 19.3. The molecule has 3 amide bonds. The van der Waals surface area contributed by atoms with Gasteiger partial charge in [0, 0.05) is 49.8 Å². The van der Waals surface area contributed by atoms with Crippen LogP contribution in [-0.2, 0) is 11.2 Å². The van der Waals surface area contributed by atoms with Gasteiger partial charge < -0.3 is 19.9 Å². The lowest BCUT2D eigenvalue weighted by molar-refractivity contribution is -0.121. The largest absolute Gasteiger partial charge is 0.435 e. The number of carbonyl (C=O) groups is 2. The summed E-state index contributed by atoms with van der Waals surface area (Å²) in [7, 11) is 0. The number of carbonyl (C=O) groups excluding carboxylic acids is 2. The standard InChI is InChI=1S/C25H29F2N3O3/c26-24(27)33-22-9-8-21(17-20(22)16-18-6-2-1-3-7-18)28-23(31)19-10-14-30(15-11-19)25(32)29-12-4-5-13-29/h1-3,6-9,17,19,24H,4-5,10-16H2,(H,28,31). The number of amides is 3. The van der Waals surface area contributed by atoms with Crippen molar-refractivity contribution in [3.8, 4) is 5.75 Å². The van der Waals surface area contributed by atoms with Gasteiger partial charge >= 0.3 is 12.6 Å². The van der Waals surface area contributed by atoms with Crippen molar-refractivity contribution in [3.63, 3.8) is 0 Å².